The van der Waals surface area contributed by atoms with Gasteiger partial charge in [-0.2, -0.15) is 9.35 Å². The number of nitrogen functional groups attached to an aromatic ring is 1. The molecule has 3 heterocycles. The Morgan fingerprint density at radius 1 is 0.875 bits per heavy atom. The zero-order valence-electron chi connectivity index (χ0n) is 25.7. The number of fused-ring (bicyclic) bond motifs is 1. The average molecular weight is 686 g/mol. The molecule has 0 spiro atoms. The molecular formula is C32H31N9O5S2. The Morgan fingerprint density at radius 3 is 2.15 bits per heavy atom. The van der Waals surface area contributed by atoms with E-state index in [1.165, 1.54) is 16.4 Å². The number of rotatable bonds is 10. The van der Waals surface area contributed by atoms with Crippen molar-refractivity contribution in [3.05, 3.63) is 128 Å². The summed E-state index contributed by atoms with van der Waals surface area (Å²) in [6.45, 7) is 2.36. The number of amides is 2. The number of para-hydroxylation sites is 2. The topological polar surface area (TPSA) is 189 Å². The van der Waals surface area contributed by atoms with Crippen LogP contribution in [0.5, 0.6) is 5.75 Å². The van der Waals surface area contributed by atoms with Crippen LogP contribution in [0.4, 0.5) is 5.69 Å². The number of benzene rings is 3. The van der Waals surface area contributed by atoms with Gasteiger partial charge in [-0.25, -0.2) is 0 Å². The van der Waals surface area contributed by atoms with E-state index in [9.17, 15) is 19.2 Å². The van der Waals surface area contributed by atoms with Gasteiger partial charge in [0.05, 0.1) is 23.8 Å². The van der Waals surface area contributed by atoms with Crippen LogP contribution in [0.3, 0.4) is 0 Å². The molecule has 2 amide bonds. The molecule has 0 saturated heterocycles. The predicted octanol–water partition coefficient (Wildman–Crippen LogP) is 2.48. The van der Waals surface area contributed by atoms with Crippen molar-refractivity contribution in [3.8, 4) is 5.75 Å². The minimum Gasteiger partial charge on any atom is -0.492 e. The molecule has 4 N–H and O–H groups in total. The second-order valence-electron chi connectivity index (χ2n) is 10.1. The number of nitrogens with zero attached hydrogens (tertiary/aromatic N) is 6. The highest BCUT2D eigenvalue weighted by Crippen LogP contribution is 2.24. The molecule has 0 radical (unpaired) electrons. The Balaban J connectivity index is 0.000000204. The largest absolute Gasteiger partial charge is 0.492 e. The molecule has 16 heteroatoms. The molecule has 0 bridgehead atoms. The molecule has 0 saturated carbocycles. The number of hydrogen-bond acceptors (Lipinski definition) is 12. The fourth-order valence-electron chi connectivity index (χ4n) is 4.37. The molecule has 14 nitrogen and oxygen atoms in total. The number of carbonyl (C=O) groups excluding carboxylic acids is 2. The van der Waals surface area contributed by atoms with Gasteiger partial charge in [0, 0.05) is 12.8 Å². The van der Waals surface area contributed by atoms with Crippen molar-refractivity contribution in [2.45, 2.75) is 30.1 Å². The highest BCUT2D eigenvalue weighted by molar-refractivity contribution is 8.00. The Kier molecular flexibility index (Phi) is 11.6. The number of carbonyl (C=O) groups is 2. The van der Waals surface area contributed by atoms with Crippen LogP contribution in [0.25, 0.3) is 0 Å². The zero-order valence-corrected chi connectivity index (χ0v) is 27.4. The van der Waals surface area contributed by atoms with E-state index in [1.807, 2.05) is 73.7 Å². The van der Waals surface area contributed by atoms with Gasteiger partial charge in [-0.1, -0.05) is 96.3 Å². The van der Waals surface area contributed by atoms with Gasteiger partial charge in [0.1, 0.15) is 17.1 Å². The highest BCUT2D eigenvalue weighted by atomic mass is 32.2. The molecule has 1 aliphatic heterocycles. The van der Waals surface area contributed by atoms with Crippen molar-refractivity contribution in [1.82, 2.24) is 29.7 Å². The number of nitrogens with one attached hydrogen (secondary N) is 2. The van der Waals surface area contributed by atoms with E-state index in [-0.39, 0.29) is 39.7 Å². The number of aromatic nitrogens is 6. The first kappa shape index (κ1) is 33.9. The summed E-state index contributed by atoms with van der Waals surface area (Å²) in [6, 6.07) is 26.2. The second kappa shape index (κ2) is 16.4. The molecule has 1 aliphatic rings. The third-order valence-electron chi connectivity index (χ3n) is 6.62. The summed E-state index contributed by atoms with van der Waals surface area (Å²) in [4.78, 5) is 48.2. The summed E-state index contributed by atoms with van der Waals surface area (Å²) in [5.74, 6) is 6.25. The standard InChI is InChI=1S/C20H21N5O3S.C12H10N4O2S/c1-2-28-17-11-7-6-10-15(17)22-18(26)13-29-20-24-23-16(19(27)25(20)21)12-14-8-4-3-5-9-14;17-10-7-19-12-14-13-9(11(18)16(12)15-10)6-8-4-2-1-3-5-8/h3-11H,2,12-13,21H2,1H3,(H,22,26);1-5H,6-7H2,(H,15,17). The minimum atomic E-state index is -0.437. The predicted molar refractivity (Wildman–Crippen MR) is 183 cm³/mol. The monoisotopic (exact) mass is 685 g/mol. The first-order valence-corrected chi connectivity index (χ1v) is 16.7. The van der Waals surface area contributed by atoms with Crippen molar-refractivity contribution >= 4 is 41.0 Å². The lowest BCUT2D eigenvalue weighted by Gasteiger charge is -2.16. The van der Waals surface area contributed by atoms with E-state index in [2.05, 4.69) is 31.1 Å². The van der Waals surface area contributed by atoms with Crippen LogP contribution in [0.2, 0.25) is 0 Å². The summed E-state index contributed by atoms with van der Waals surface area (Å²) in [7, 11) is 0. The van der Waals surface area contributed by atoms with Crippen molar-refractivity contribution in [3.63, 3.8) is 0 Å². The Bertz CT molecular complexity index is 2010. The molecular weight excluding hydrogens is 655 g/mol. The van der Waals surface area contributed by atoms with E-state index < -0.39 is 5.56 Å². The molecule has 0 aliphatic carbocycles. The van der Waals surface area contributed by atoms with Crippen LogP contribution in [0.15, 0.2) is 105 Å². The van der Waals surface area contributed by atoms with Gasteiger partial charge < -0.3 is 15.9 Å². The molecule has 246 valence electrons. The number of ether oxygens (including phenoxy) is 1. The maximum Gasteiger partial charge on any atom is 0.295 e. The molecule has 0 unspecified atom stereocenters. The Hall–Kier alpha value is -5.48. The van der Waals surface area contributed by atoms with Gasteiger partial charge in [0.2, 0.25) is 22.1 Å². The lowest BCUT2D eigenvalue weighted by Crippen LogP contribution is -2.41. The van der Waals surface area contributed by atoms with Crippen LogP contribution in [-0.4, -0.2) is 59.7 Å². The van der Waals surface area contributed by atoms with Crippen molar-refractivity contribution in [2.75, 3.05) is 34.7 Å². The maximum atomic E-state index is 12.5. The second-order valence-corrected chi connectivity index (χ2v) is 12.0. The van der Waals surface area contributed by atoms with Crippen LogP contribution < -0.4 is 32.4 Å². The van der Waals surface area contributed by atoms with E-state index in [0.29, 0.717) is 41.7 Å². The van der Waals surface area contributed by atoms with Crippen molar-refractivity contribution in [1.29, 1.82) is 0 Å². The van der Waals surface area contributed by atoms with Crippen LogP contribution in [0, 0.1) is 0 Å². The fourth-order valence-corrected chi connectivity index (χ4v) is 5.71. The van der Waals surface area contributed by atoms with Gasteiger partial charge in [-0.15, -0.1) is 20.4 Å². The number of hydrogen-bond donors (Lipinski definition) is 3. The quantitative estimate of drug-likeness (QED) is 0.144. The number of nitrogens with two attached hydrogens (primary N) is 1. The molecule has 5 aromatic rings. The summed E-state index contributed by atoms with van der Waals surface area (Å²) in [6.07, 6.45) is 0.733. The number of thioether (sulfide) groups is 2. The normalized spacial score (nSPS) is 11.8. The summed E-state index contributed by atoms with van der Waals surface area (Å²) >= 11 is 2.24. The maximum absolute atomic E-state index is 12.5. The lowest BCUT2D eigenvalue weighted by molar-refractivity contribution is -0.115. The Morgan fingerprint density at radius 2 is 1.48 bits per heavy atom. The van der Waals surface area contributed by atoms with E-state index in [0.717, 1.165) is 27.6 Å². The Labute approximate surface area is 283 Å². The first-order valence-electron chi connectivity index (χ1n) is 14.7. The molecule has 2 aromatic heterocycles. The fraction of sp³-hybridized carbons (Fsp3) is 0.188. The molecule has 6 rings (SSSR count). The molecule has 0 atom stereocenters. The van der Waals surface area contributed by atoms with Crippen LogP contribution in [0.1, 0.15) is 29.4 Å². The molecule has 48 heavy (non-hydrogen) atoms. The van der Waals surface area contributed by atoms with Crippen LogP contribution >= 0.6 is 23.5 Å². The van der Waals surface area contributed by atoms with Gasteiger partial charge in [-0.05, 0) is 30.2 Å². The van der Waals surface area contributed by atoms with Gasteiger partial charge in [-0.3, -0.25) is 24.6 Å². The zero-order chi connectivity index (χ0) is 33.9. The van der Waals surface area contributed by atoms with Crippen molar-refractivity contribution < 1.29 is 14.3 Å². The number of anilines is 1. The van der Waals surface area contributed by atoms with E-state index >= 15 is 0 Å². The molecule has 3 aromatic carbocycles. The van der Waals surface area contributed by atoms with Gasteiger partial charge >= 0.3 is 0 Å². The average Bonchev–Trinajstić information content (AvgIpc) is 3.10. The summed E-state index contributed by atoms with van der Waals surface area (Å²) in [5.41, 5.74) is 4.79. The molecule has 0 fully saturated rings. The van der Waals surface area contributed by atoms with E-state index in [1.54, 1.807) is 18.2 Å². The van der Waals surface area contributed by atoms with Gasteiger partial charge in [0.25, 0.3) is 11.1 Å². The smallest absolute Gasteiger partial charge is 0.295 e. The summed E-state index contributed by atoms with van der Waals surface area (Å²) < 4.78 is 7.58. The third kappa shape index (κ3) is 8.86. The third-order valence-corrected chi connectivity index (χ3v) is 8.49. The van der Waals surface area contributed by atoms with E-state index in [4.69, 9.17) is 10.6 Å². The lowest BCUT2D eigenvalue weighted by atomic mass is 10.1. The summed E-state index contributed by atoms with van der Waals surface area (Å²) in [5, 5.41) is 19.3. The highest BCUT2D eigenvalue weighted by Gasteiger charge is 2.20. The SMILES string of the molecule is CCOc1ccccc1NC(=O)CSc1nnc(Cc2ccccc2)c(=O)n1N.O=C1CSc2nnc(Cc3ccccc3)c(=O)n2N1. The minimum absolute atomic E-state index is 0.0177. The van der Waals surface area contributed by atoms with Crippen LogP contribution in [-0.2, 0) is 22.4 Å². The first-order chi connectivity index (χ1) is 23.3. The van der Waals surface area contributed by atoms with Crippen molar-refractivity contribution in [2.24, 2.45) is 0 Å². The van der Waals surface area contributed by atoms with Gasteiger partial charge in [0.15, 0.2) is 0 Å².